The van der Waals surface area contributed by atoms with Crippen molar-refractivity contribution in [3.8, 4) is 0 Å². The highest BCUT2D eigenvalue weighted by Crippen LogP contribution is 2.24. The van der Waals surface area contributed by atoms with Gasteiger partial charge in [-0.25, -0.2) is 4.39 Å². The minimum absolute atomic E-state index is 0.113. The van der Waals surface area contributed by atoms with Crippen molar-refractivity contribution in [1.82, 2.24) is 4.90 Å². The van der Waals surface area contributed by atoms with E-state index in [9.17, 15) is 9.18 Å². The fraction of sp³-hybridized carbons (Fsp3) is 0.381. The summed E-state index contributed by atoms with van der Waals surface area (Å²) >= 11 is 6.14. The molecular formula is C21H26ClFN3O+. The Morgan fingerprint density at radius 3 is 2.52 bits per heavy atom. The summed E-state index contributed by atoms with van der Waals surface area (Å²) < 4.78 is 13.0. The summed E-state index contributed by atoms with van der Waals surface area (Å²) in [6.45, 7) is 6.74. The highest BCUT2D eigenvalue weighted by Gasteiger charge is 2.24. The van der Waals surface area contributed by atoms with E-state index in [1.54, 1.807) is 24.1 Å². The van der Waals surface area contributed by atoms with Gasteiger partial charge in [-0.05, 0) is 42.3 Å². The predicted octanol–water partition coefficient (Wildman–Crippen LogP) is 2.15. The van der Waals surface area contributed by atoms with Crippen LogP contribution in [0.4, 0.5) is 10.1 Å². The largest absolute Gasteiger partial charge is 0.360 e. The summed E-state index contributed by atoms with van der Waals surface area (Å²) in [4.78, 5) is 17.9. The Bertz CT molecular complexity index is 789. The van der Waals surface area contributed by atoms with Gasteiger partial charge in [-0.3, -0.25) is 4.79 Å². The van der Waals surface area contributed by atoms with E-state index in [-0.39, 0.29) is 11.7 Å². The Morgan fingerprint density at radius 1 is 1.19 bits per heavy atom. The van der Waals surface area contributed by atoms with E-state index >= 15 is 0 Å². The number of aryl methyl sites for hydroxylation is 1. The molecule has 1 aliphatic heterocycles. The van der Waals surface area contributed by atoms with Gasteiger partial charge < -0.3 is 14.7 Å². The Morgan fingerprint density at radius 2 is 1.85 bits per heavy atom. The lowest BCUT2D eigenvalue weighted by molar-refractivity contribution is -0.892. The summed E-state index contributed by atoms with van der Waals surface area (Å²) in [6, 6.07) is 12.3. The van der Waals surface area contributed by atoms with Crippen LogP contribution in [0.15, 0.2) is 42.5 Å². The molecule has 2 aromatic carbocycles. The summed E-state index contributed by atoms with van der Waals surface area (Å²) in [5.41, 5.74) is 3.34. The number of rotatable bonds is 5. The number of halogens is 2. The van der Waals surface area contributed by atoms with Gasteiger partial charge in [-0.1, -0.05) is 29.8 Å². The summed E-state index contributed by atoms with van der Waals surface area (Å²) in [5.74, 6) is -0.147. The summed E-state index contributed by atoms with van der Waals surface area (Å²) in [6.07, 6.45) is 0. The molecule has 0 atom stereocenters. The molecule has 0 spiro atoms. The van der Waals surface area contributed by atoms with E-state index < -0.39 is 0 Å². The van der Waals surface area contributed by atoms with Crippen LogP contribution in [-0.4, -0.2) is 50.6 Å². The summed E-state index contributed by atoms with van der Waals surface area (Å²) in [7, 11) is 1.80. The van der Waals surface area contributed by atoms with Gasteiger partial charge in [0.25, 0.3) is 5.91 Å². The van der Waals surface area contributed by atoms with Crippen molar-refractivity contribution in [3.63, 3.8) is 0 Å². The monoisotopic (exact) mass is 390 g/mol. The highest BCUT2D eigenvalue weighted by atomic mass is 35.5. The topological polar surface area (TPSA) is 28.0 Å². The number of benzene rings is 2. The molecule has 4 nitrogen and oxygen atoms in total. The maximum absolute atomic E-state index is 13.0. The molecule has 0 aliphatic carbocycles. The third-order valence-electron chi connectivity index (χ3n) is 5.14. The second kappa shape index (κ2) is 8.72. The van der Waals surface area contributed by atoms with Gasteiger partial charge in [-0.15, -0.1) is 0 Å². The van der Waals surface area contributed by atoms with Crippen molar-refractivity contribution in [2.75, 3.05) is 44.7 Å². The third kappa shape index (κ3) is 5.21. The first-order valence-electron chi connectivity index (χ1n) is 9.25. The number of anilines is 1. The number of carbonyl (C=O) groups excluding carboxylic acids is 1. The van der Waals surface area contributed by atoms with Crippen LogP contribution < -0.4 is 9.80 Å². The van der Waals surface area contributed by atoms with Crippen molar-refractivity contribution in [1.29, 1.82) is 0 Å². The van der Waals surface area contributed by atoms with Crippen molar-refractivity contribution < 1.29 is 14.1 Å². The molecule has 0 saturated carbocycles. The van der Waals surface area contributed by atoms with Gasteiger partial charge >= 0.3 is 0 Å². The highest BCUT2D eigenvalue weighted by molar-refractivity contribution is 6.30. The molecule has 0 unspecified atom stereocenters. The number of hydrogen-bond acceptors (Lipinski definition) is 2. The van der Waals surface area contributed by atoms with Crippen molar-refractivity contribution >= 4 is 23.2 Å². The minimum atomic E-state index is -0.259. The van der Waals surface area contributed by atoms with Crippen LogP contribution in [0.25, 0.3) is 0 Å². The molecule has 6 heteroatoms. The van der Waals surface area contributed by atoms with Crippen LogP contribution in [0.3, 0.4) is 0 Å². The maximum Gasteiger partial charge on any atom is 0.277 e. The Hall–Kier alpha value is -2.11. The first-order valence-corrected chi connectivity index (χ1v) is 9.63. The molecule has 0 bridgehead atoms. The lowest BCUT2D eigenvalue weighted by atomic mass is 10.1. The standard InChI is InChI=1S/C21H25ClFN3O/c1-16-3-6-18(22)13-20(16)26-11-9-25(10-12-26)15-21(27)24(2)14-17-4-7-19(23)8-5-17/h3-8,13H,9-12,14-15H2,1-2H3/p+1. The molecule has 1 aliphatic rings. The third-order valence-corrected chi connectivity index (χ3v) is 5.38. The molecule has 0 aromatic heterocycles. The van der Waals surface area contributed by atoms with E-state index in [1.165, 1.54) is 28.3 Å². The first kappa shape index (κ1) is 19.6. The number of hydrogen-bond donors (Lipinski definition) is 1. The van der Waals surface area contributed by atoms with Crippen molar-refractivity contribution in [2.24, 2.45) is 0 Å². The second-order valence-electron chi connectivity index (χ2n) is 7.22. The van der Waals surface area contributed by atoms with E-state index in [2.05, 4.69) is 11.8 Å². The number of nitrogens with one attached hydrogen (secondary N) is 1. The fourth-order valence-corrected chi connectivity index (χ4v) is 3.63. The van der Waals surface area contributed by atoms with E-state index in [1.807, 2.05) is 18.2 Å². The van der Waals surface area contributed by atoms with E-state index in [0.29, 0.717) is 13.1 Å². The van der Waals surface area contributed by atoms with Gasteiger partial charge in [0.1, 0.15) is 5.82 Å². The predicted molar refractivity (Wildman–Crippen MR) is 107 cm³/mol. The van der Waals surface area contributed by atoms with E-state index in [0.717, 1.165) is 36.8 Å². The van der Waals surface area contributed by atoms with Crippen LogP contribution in [0.1, 0.15) is 11.1 Å². The van der Waals surface area contributed by atoms with Gasteiger partial charge in [0.05, 0.1) is 26.2 Å². The number of piperazine rings is 1. The molecule has 27 heavy (non-hydrogen) atoms. The number of nitrogens with zero attached hydrogens (tertiary/aromatic N) is 2. The number of quaternary nitrogens is 1. The van der Waals surface area contributed by atoms with Gasteiger partial charge in [0.15, 0.2) is 6.54 Å². The summed E-state index contributed by atoms with van der Waals surface area (Å²) in [5, 5.41) is 0.753. The zero-order valence-electron chi connectivity index (χ0n) is 15.8. The number of likely N-dealkylation sites (N-methyl/N-ethyl adjacent to an activating group) is 1. The van der Waals surface area contributed by atoms with Crippen LogP contribution in [0, 0.1) is 12.7 Å². The minimum Gasteiger partial charge on any atom is -0.360 e. The molecule has 1 fully saturated rings. The number of carbonyl (C=O) groups is 1. The Balaban J connectivity index is 1.50. The zero-order chi connectivity index (χ0) is 19.4. The molecule has 144 valence electrons. The molecule has 2 aromatic rings. The normalized spacial score (nSPS) is 15.0. The molecular weight excluding hydrogens is 365 g/mol. The van der Waals surface area contributed by atoms with Crippen LogP contribution in [0.2, 0.25) is 5.02 Å². The van der Waals surface area contributed by atoms with Crippen LogP contribution >= 0.6 is 11.6 Å². The zero-order valence-corrected chi connectivity index (χ0v) is 16.6. The van der Waals surface area contributed by atoms with Crippen molar-refractivity contribution in [3.05, 3.63) is 64.4 Å². The maximum atomic E-state index is 13.0. The molecule has 1 saturated heterocycles. The van der Waals surface area contributed by atoms with Gasteiger partial charge in [-0.2, -0.15) is 0 Å². The van der Waals surface area contributed by atoms with E-state index in [4.69, 9.17) is 11.6 Å². The lowest BCUT2D eigenvalue weighted by Gasteiger charge is -2.34. The Labute approximate surface area is 165 Å². The van der Waals surface area contributed by atoms with Gasteiger partial charge in [0.2, 0.25) is 0 Å². The molecule has 0 radical (unpaired) electrons. The molecule has 1 N–H and O–H groups in total. The van der Waals surface area contributed by atoms with Crippen molar-refractivity contribution in [2.45, 2.75) is 13.5 Å². The van der Waals surface area contributed by atoms with Gasteiger partial charge in [0, 0.05) is 24.3 Å². The first-order chi connectivity index (χ1) is 12.9. The van der Waals surface area contributed by atoms with Crippen LogP contribution in [-0.2, 0) is 11.3 Å². The number of amides is 1. The lowest BCUT2D eigenvalue weighted by Crippen LogP contribution is -3.15. The average molecular weight is 391 g/mol. The smallest absolute Gasteiger partial charge is 0.277 e. The SMILES string of the molecule is Cc1ccc(Cl)cc1N1CC[NH+](CC(=O)N(C)Cc2ccc(F)cc2)CC1. The molecule has 1 heterocycles. The quantitative estimate of drug-likeness (QED) is 0.847. The average Bonchev–Trinajstić information content (AvgIpc) is 2.66. The van der Waals surface area contributed by atoms with Crippen LogP contribution in [0.5, 0.6) is 0 Å². The Kier molecular flexibility index (Phi) is 6.34. The molecule has 3 rings (SSSR count). The fourth-order valence-electron chi connectivity index (χ4n) is 3.46. The second-order valence-corrected chi connectivity index (χ2v) is 7.66. The molecule has 1 amide bonds.